The normalized spacial score (nSPS) is 19.6. The Morgan fingerprint density at radius 1 is 1.18 bits per heavy atom. The minimum Gasteiger partial charge on any atom is -0.497 e. The number of sulfonamides is 1. The van der Waals surface area contributed by atoms with Crippen LogP contribution in [-0.2, 0) is 16.6 Å². The molecule has 1 fully saturated rings. The molecule has 0 amide bonds. The third-order valence-corrected chi connectivity index (χ3v) is 9.76. The number of thiazole rings is 1. The first kappa shape index (κ1) is 29.3. The number of likely N-dealkylation sites (N-methyl/N-ethyl adjacent to an activating group) is 1. The molecule has 2 aromatic carbocycles. The number of aromatic nitrogens is 1. The summed E-state index contributed by atoms with van der Waals surface area (Å²) < 4.78 is 69.2. The van der Waals surface area contributed by atoms with Crippen LogP contribution >= 0.6 is 22.9 Å². The van der Waals surface area contributed by atoms with Gasteiger partial charge in [0.1, 0.15) is 28.4 Å². The summed E-state index contributed by atoms with van der Waals surface area (Å²) in [6.07, 6.45) is 1.81. The van der Waals surface area contributed by atoms with Crippen molar-refractivity contribution in [3.8, 4) is 11.5 Å². The van der Waals surface area contributed by atoms with Crippen LogP contribution in [0.2, 0.25) is 5.02 Å². The second-order valence-corrected chi connectivity index (χ2v) is 12.6. The molecular weight excluding hydrogens is 570 g/mol. The van der Waals surface area contributed by atoms with Crippen LogP contribution in [0.15, 0.2) is 46.8 Å². The number of alkyl halides is 1. The van der Waals surface area contributed by atoms with Gasteiger partial charge in [0.2, 0.25) is 0 Å². The van der Waals surface area contributed by atoms with Crippen LogP contribution in [-0.4, -0.2) is 64.9 Å². The molecule has 0 spiro atoms. The highest BCUT2D eigenvalue weighted by Gasteiger charge is 2.34. The minimum atomic E-state index is -4.46. The van der Waals surface area contributed by atoms with Crippen LogP contribution in [0.5, 0.6) is 11.5 Å². The molecule has 1 saturated carbocycles. The number of methoxy groups -OCH3 is 2. The fraction of sp³-hybridized carbons (Fsp3) is 0.423. The molecule has 1 N–H and O–H groups in total. The van der Waals surface area contributed by atoms with Gasteiger partial charge in [-0.15, -0.1) is 11.3 Å². The van der Waals surface area contributed by atoms with Crippen LogP contribution in [0.4, 0.5) is 19.6 Å². The van der Waals surface area contributed by atoms with E-state index in [4.69, 9.17) is 21.1 Å². The van der Waals surface area contributed by atoms with Gasteiger partial charge in [-0.05, 0) is 51.2 Å². The molecule has 212 valence electrons. The summed E-state index contributed by atoms with van der Waals surface area (Å²) in [7, 11) is 2.32. The molecule has 1 aliphatic rings. The Labute approximate surface area is 236 Å². The highest BCUT2D eigenvalue weighted by Crippen LogP contribution is 2.36. The fourth-order valence-corrected chi connectivity index (χ4v) is 7.39. The Hall–Kier alpha value is -2.67. The summed E-state index contributed by atoms with van der Waals surface area (Å²) in [4.78, 5) is 5.56. The van der Waals surface area contributed by atoms with E-state index in [-0.39, 0.29) is 40.9 Å². The van der Waals surface area contributed by atoms with Crippen LogP contribution in [0.25, 0.3) is 0 Å². The highest BCUT2D eigenvalue weighted by molar-refractivity contribution is 7.93. The lowest BCUT2D eigenvalue weighted by atomic mass is 9.88. The molecule has 1 unspecified atom stereocenters. The molecule has 0 saturated heterocycles. The lowest BCUT2D eigenvalue weighted by Crippen LogP contribution is -2.48. The molecule has 13 heteroatoms. The summed E-state index contributed by atoms with van der Waals surface area (Å²) in [6, 6.07) is 6.81. The Kier molecular flexibility index (Phi) is 9.20. The Balaban J connectivity index is 1.69. The van der Waals surface area contributed by atoms with E-state index < -0.39 is 26.9 Å². The van der Waals surface area contributed by atoms with E-state index in [1.54, 1.807) is 23.6 Å². The summed E-state index contributed by atoms with van der Waals surface area (Å²) in [5.41, 5.74) is 0.728. The van der Waals surface area contributed by atoms with Gasteiger partial charge >= 0.3 is 0 Å². The predicted octanol–water partition coefficient (Wildman–Crippen LogP) is 5.58. The van der Waals surface area contributed by atoms with Crippen molar-refractivity contribution in [1.29, 1.82) is 0 Å². The van der Waals surface area contributed by atoms with Crippen molar-refractivity contribution in [2.75, 3.05) is 37.9 Å². The lowest BCUT2D eigenvalue weighted by molar-refractivity contribution is 0.148. The second kappa shape index (κ2) is 12.2. The van der Waals surface area contributed by atoms with Crippen molar-refractivity contribution < 1.29 is 26.7 Å². The zero-order chi connectivity index (χ0) is 28.3. The third kappa shape index (κ3) is 6.40. The number of rotatable bonds is 10. The van der Waals surface area contributed by atoms with E-state index in [9.17, 15) is 12.8 Å². The Morgan fingerprint density at radius 3 is 2.59 bits per heavy atom. The zero-order valence-corrected chi connectivity index (χ0v) is 24.4. The smallest absolute Gasteiger partial charge is 0.269 e. The molecular formula is C26H31ClF2N4O4S2. The van der Waals surface area contributed by atoms with Crippen molar-refractivity contribution in [3.63, 3.8) is 0 Å². The van der Waals surface area contributed by atoms with Crippen LogP contribution < -0.4 is 19.1 Å². The van der Waals surface area contributed by atoms with Crippen molar-refractivity contribution in [2.45, 2.75) is 49.0 Å². The van der Waals surface area contributed by atoms with Gasteiger partial charge in [0.15, 0.2) is 5.13 Å². The van der Waals surface area contributed by atoms with E-state index >= 15 is 4.39 Å². The molecule has 0 aliphatic heterocycles. The molecule has 39 heavy (non-hydrogen) atoms. The lowest BCUT2D eigenvalue weighted by Gasteiger charge is -2.38. The van der Waals surface area contributed by atoms with Crippen LogP contribution in [0.1, 0.15) is 24.8 Å². The standard InChI is InChI=1S/C26H31ClF2N4O4S2/c1-32(2)23-8-6-17(28)11-22(23)31-21-14-20(29)25(13-19(21)27)39(34,35)33(26-30-9-10-38-26)15-16-5-7-18(36-3)12-24(16)37-4/h5,7,9-10,12-14,17,22-23,31H,6,8,11,15H2,1-4H3/t17?,22-,23-/m0/s1. The van der Waals surface area contributed by atoms with Gasteiger partial charge < -0.3 is 19.7 Å². The Bertz CT molecular complexity index is 1390. The number of nitrogens with one attached hydrogen (secondary N) is 1. The number of nitrogens with zero attached hydrogens (tertiary/aromatic N) is 3. The maximum Gasteiger partial charge on any atom is 0.269 e. The first-order valence-corrected chi connectivity index (χ1v) is 14.9. The molecule has 0 radical (unpaired) electrons. The van der Waals surface area contributed by atoms with E-state index in [0.29, 0.717) is 29.9 Å². The molecule has 1 aliphatic carbocycles. The van der Waals surface area contributed by atoms with Gasteiger partial charge in [-0.3, -0.25) is 0 Å². The van der Waals surface area contributed by atoms with Gasteiger partial charge in [0.25, 0.3) is 10.0 Å². The number of benzene rings is 2. The largest absolute Gasteiger partial charge is 0.497 e. The molecule has 8 nitrogen and oxygen atoms in total. The van der Waals surface area contributed by atoms with E-state index in [1.807, 2.05) is 19.0 Å². The van der Waals surface area contributed by atoms with Crippen LogP contribution in [0.3, 0.4) is 0 Å². The number of halogens is 3. The molecule has 1 aromatic heterocycles. The molecule has 3 aromatic rings. The molecule has 1 heterocycles. The molecule has 3 atom stereocenters. The topological polar surface area (TPSA) is 84.0 Å². The number of anilines is 2. The van der Waals surface area contributed by atoms with Gasteiger partial charge in [-0.1, -0.05) is 11.6 Å². The van der Waals surface area contributed by atoms with Crippen molar-refractivity contribution in [2.24, 2.45) is 0 Å². The minimum absolute atomic E-state index is 0.00887. The number of hydrogen-bond acceptors (Lipinski definition) is 8. The van der Waals surface area contributed by atoms with E-state index in [0.717, 1.165) is 27.8 Å². The zero-order valence-electron chi connectivity index (χ0n) is 22.0. The summed E-state index contributed by atoms with van der Waals surface area (Å²) in [5, 5.41) is 4.94. The monoisotopic (exact) mass is 600 g/mol. The van der Waals surface area contributed by atoms with Gasteiger partial charge in [-0.25, -0.2) is 26.5 Å². The molecule has 0 bridgehead atoms. The van der Waals surface area contributed by atoms with E-state index in [1.165, 1.54) is 20.4 Å². The third-order valence-electron chi connectivity index (χ3n) is 6.78. The highest BCUT2D eigenvalue weighted by atomic mass is 35.5. The molecule has 4 rings (SSSR count). The summed E-state index contributed by atoms with van der Waals surface area (Å²) in [5.74, 6) is -0.0499. The maximum atomic E-state index is 15.6. The van der Waals surface area contributed by atoms with Crippen molar-refractivity contribution >= 4 is 43.8 Å². The van der Waals surface area contributed by atoms with Gasteiger partial charge in [0.05, 0.1) is 31.5 Å². The average molecular weight is 601 g/mol. The first-order valence-electron chi connectivity index (χ1n) is 12.2. The van der Waals surface area contributed by atoms with Gasteiger partial charge in [0, 0.05) is 41.7 Å². The van der Waals surface area contributed by atoms with Gasteiger partial charge in [-0.2, -0.15) is 0 Å². The quantitative estimate of drug-likeness (QED) is 0.325. The fourth-order valence-electron chi connectivity index (χ4n) is 4.76. The average Bonchev–Trinajstić information content (AvgIpc) is 3.43. The number of hydrogen-bond donors (Lipinski definition) is 1. The summed E-state index contributed by atoms with van der Waals surface area (Å²) in [6.45, 7) is -0.176. The van der Waals surface area contributed by atoms with Crippen molar-refractivity contribution in [1.82, 2.24) is 9.88 Å². The van der Waals surface area contributed by atoms with Crippen molar-refractivity contribution in [3.05, 3.63) is 58.3 Å². The Morgan fingerprint density at radius 2 is 1.95 bits per heavy atom. The first-order chi connectivity index (χ1) is 18.5. The summed E-state index contributed by atoms with van der Waals surface area (Å²) >= 11 is 7.59. The van der Waals surface area contributed by atoms with E-state index in [2.05, 4.69) is 10.3 Å². The predicted molar refractivity (Wildman–Crippen MR) is 150 cm³/mol. The van der Waals surface area contributed by atoms with Crippen LogP contribution in [0, 0.1) is 5.82 Å². The second-order valence-electron chi connectivity index (χ2n) is 9.46. The SMILES string of the molecule is COc1ccc(CN(c2nccs2)S(=O)(=O)c2cc(Cl)c(N[C@H]3CC(F)CC[C@@H]3N(C)C)cc2F)c(OC)c1. The maximum absolute atomic E-state index is 15.6. The number of ether oxygens (including phenoxy) is 2.